The lowest BCUT2D eigenvalue weighted by molar-refractivity contribution is -0.125. The number of benzene rings is 2. The number of aliphatic imine (C=N–C) groups is 1. The summed E-state index contributed by atoms with van der Waals surface area (Å²) in [5.74, 6) is -0.851. The third kappa shape index (κ3) is 6.37. The first-order valence-electron chi connectivity index (χ1n) is 14.3. The van der Waals surface area contributed by atoms with E-state index in [0.29, 0.717) is 37.8 Å². The SMILES string of the molecule is O=C(NS(=O)(=O)c1ccc(F)cc1)C1CCC(OC2CCN(c3ccc(C4=Nc5cc(F)ccc5C4)cn3)CC2)CC1. The molecule has 8 nitrogen and oxygen atoms in total. The second kappa shape index (κ2) is 11.9. The number of nitrogens with one attached hydrogen (secondary N) is 1. The summed E-state index contributed by atoms with van der Waals surface area (Å²) in [5.41, 5.74) is 3.53. The summed E-state index contributed by atoms with van der Waals surface area (Å²) in [4.78, 5) is 24.0. The molecule has 1 aromatic heterocycles. The Morgan fingerprint density at radius 1 is 0.881 bits per heavy atom. The van der Waals surface area contributed by atoms with E-state index < -0.39 is 27.7 Å². The van der Waals surface area contributed by atoms with Gasteiger partial charge in [0.2, 0.25) is 5.91 Å². The molecule has 42 heavy (non-hydrogen) atoms. The number of sulfonamides is 1. The molecule has 0 spiro atoms. The number of nitrogens with zero attached hydrogens (tertiary/aromatic N) is 3. The number of ether oxygens (including phenoxy) is 1. The second-order valence-electron chi connectivity index (χ2n) is 11.1. The summed E-state index contributed by atoms with van der Waals surface area (Å²) >= 11 is 0. The molecular formula is C31H32F2N4O4S. The van der Waals surface area contributed by atoms with Crippen LogP contribution < -0.4 is 9.62 Å². The number of carbonyl (C=O) groups excluding carboxylic acids is 1. The summed E-state index contributed by atoms with van der Waals surface area (Å²) in [6.07, 6.45) is 6.89. The summed E-state index contributed by atoms with van der Waals surface area (Å²) in [6.45, 7) is 1.64. The standard InChI is InChI=1S/C31H32F2N4O4S/c32-23-6-10-27(11-7-23)42(39,40)36-31(38)20-2-8-25(9-3-20)41-26-13-15-37(16-14-26)30-12-4-22(19-34-30)28-17-21-1-5-24(33)18-29(21)35-28/h1,4-7,10-12,18-20,25-26H,2-3,8-9,13-17H2,(H,36,38). The Balaban J connectivity index is 0.944. The monoisotopic (exact) mass is 594 g/mol. The molecule has 11 heteroatoms. The molecule has 220 valence electrons. The number of anilines is 1. The molecule has 0 atom stereocenters. The molecule has 3 aliphatic rings. The largest absolute Gasteiger partial charge is 0.375 e. The Labute approximate surface area is 243 Å². The van der Waals surface area contributed by atoms with Crippen LogP contribution >= 0.6 is 0 Å². The molecule has 1 aliphatic carbocycles. The molecule has 0 bridgehead atoms. The average Bonchev–Trinajstić information content (AvgIpc) is 3.41. The number of aromatic nitrogens is 1. The Morgan fingerprint density at radius 2 is 1.57 bits per heavy atom. The van der Waals surface area contributed by atoms with Crippen molar-refractivity contribution in [3.8, 4) is 0 Å². The molecule has 6 rings (SSSR count). The van der Waals surface area contributed by atoms with Gasteiger partial charge in [0.25, 0.3) is 10.0 Å². The maximum absolute atomic E-state index is 13.5. The minimum absolute atomic E-state index is 0.0431. The molecule has 0 unspecified atom stereocenters. The average molecular weight is 595 g/mol. The molecular weight excluding hydrogens is 562 g/mol. The Kier molecular flexibility index (Phi) is 8.04. The van der Waals surface area contributed by atoms with Crippen LogP contribution in [-0.2, 0) is 26.0 Å². The van der Waals surface area contributed by atoms with Gasteiger partial charge in [-0.25, -0.2) is 26.9 Å². The van der Waals surface area contributed by atoms with E-state index in [-0.39, 0.29) is 22.9 Å². The zero-order chi connectivity index (χ0) is 29.3. The van der Waals surface area contributed by atoms with Crippen LogP contribution in [0.5, 0.6) is 0 Å². The van der Waals surface area contributed by atoms with Crippen molar-refractivity contribution >= 4 is 33.1 Å². The highest BCUT2D eigenvalue weighted by molar-refractivity contribution is 7.90. The van der Waals surface area contributed by atoms with E-state index in [0.717, 1.165) is 72.9 Å². The van der Waals surface area contributed by atoms with Crippen LogP contribution in [-0.4, -0.2) is 50.3 Å². The molecule has 0 radical (unpaired) electrons. The normalized spacial score (nSPS) is 21.1. The maximum atomic E-state index is 13.5. The maximum Gasteiger partial charge on any atom is 0.264 e. The fraction of sp³-hybridized carbons (Fsp3) is 0.387. The number of amides is 1. The third-order valence-corrected chi connectivity index (χ3v) is 9.66. The van der Waals surface area contributed by atoms with Crippen molar-refractivity contribution in [1.29, 1.82) is 0 Å². The van der Waals surface area contributed by atoms with Crippen molar-refractivity contribution in [2.45, 2.75) is 62.0 Å². The van der Waals surface area contributed by atoms with Gasteiger partial charge in [0, 0.05) is 37.2 Å². The minimum Gasteiger partial charge on any atom is -0.375 e. The van der Waals surface area contributed by atoms with Crippen molar-refractivity contribution in [3.63, 3.8) is 0 Å². The zero-order valence-electron chi connectivity index (χ0n) is 23.0. The first-order valence-corrected chi connectivity index (χ1v) is 15.8. The van der Waals surface area contributed by atoms with E-state index >= 15 is 0 Å². The topological polar surface area (TPSA) is 101 Å². The fourth-order valence-corrected chi connectivity index (χ4v) is 6.95. The highest BCUT2D eigenvalue weighted by Gasteiger charge is 2.32. The Bertz CT molecular complexity index is 1580. The molecule has 1 N–H and O–H groups in total. The van der Waals surface area contributed by atoms with Crippen LogP contribution in [0.4, 0.5) is 20.3 Å². The van der Waals surface area contributed by atoms with Gasteiger partial charge in [0.15, 0.2) is 0 Å². The Morgan fingerprint density at radius 3 is 2.26 bits per heavy atom. The van der Waals surface area contributed by atoms with Crippen molar-refractivity contribution in [1.82, 2.24) is 9.71 Å². The van der Waals surface area contributed by atoms with Gasteiger partial charge >= 0.3 is 0 Å². The van der Waals surface area contributed by atoms with E-state index in [9.17, 15) is 22.0 Å². The van der Waals surface area contributed by atoms with Crippen LogP contribution in [0.3, 0.4) is 0 Å². The highest BCUT2D eigenvalue weighted by Crippen LogP contribution is 2.31. The smallest absolute Gasteiger partial charge is 0.264 e. The van der Waals surface area contributed by atoms with E-state index in [1.807, 2.05) is 18.3 Å². The van der Waals surface area contributed by atoms with E-state index in [1.165, 1.54) is 12.1 Å². The highest BCUT2D eigenvalue weighted by atomic mass is 32.2. The van der Waals surface area contributed by atoms with Gasteiger partial charge in [0.1, 0.15) is 17.5 Å². The number of hydrogen-bond donors (Lipinski definition) is 1. The lowest BCUT2D eigenvalue weighted by Crippen LogP contribution is -2.41. The molecule has 2 fully saturated rings. The lowest BCUT2D eigenvalue weighted by Gasteiger charge is -2.36. The van der Waals surface area contributed by atoms with Gasteiger partial charge in [-0.05, 0) is 92.6 Å². The van der Waals surface area contributed by atoms with Crippen LogP contribution in [0.25, 0.3) is 0 Å². The number of halogens is 2. The molecule has 3 aromatic rings. The molecule has 2 aromatic carbocycles. The van der Waals surface area contributed by atoms with Crippen LogP contribution in [0.15, 0.2) is 70.7 Å². The van der Waals surface area contributed by atoms with Crippen molar-refractivity contribution in [2.75, 3.05) is 18.0 Å². The summed E-state index contributed by atoms with van der Waals surface area (Å²) < 4.78 is 60.1. The molecule has 3 heterocycles. The number of carbonyl (C=O) groups is 1. The van der Waals surface area contributed by atoms with E-state index in [2.05, 4.69) is 19.6 Å². The summed E-state index contributed by atoms with van der Waals surface area (Å²) in [6, 6.07) is 13.1. The van der Waals surface area contributed by atoms with Gasteiger partial charge in [0.05, 0.1) is 28.5 Å². The second-order valence-corrected chi connectivity index (χ2v) is 12.8. The van der Waals surface area contributed by atoms with Crippen molar-refractivity contribution < 1.29 is 26.7 Å². The summed E-state index contributed by atoms with van der Waals surface area (Å²) in [7, 11) is -4.04. The Hall–Kier alpha value is -3.70. The number of fused-ring (bicyclic) bond motifs is 1. The van der Waals surface area contributed by atoms with Crippen LogP contribution in [0, 0.1) is 17.6 Å². The van der Waals surface area contributed by atoms with Crippen molar-refractivity contribution in [3.05, 3.63) is 83.6 Å². The van der Waals surface area contributed by atoms with Gasteiger partial charge in [-0.3, -0.25) is 9.79 Å². The summed E-state index contributed by atoms with van der Waals surface area (Å²) in [5, 5.41) is 0. The van der Waals surface area contributed by atoms with Gasteiger partial charge < -0.3 is 9.64 Å². The number of hydrogen-bond acceptors (Lipinski definition) is 7. The minimum atomic E-state index is -4.04. The van der Waals surface area contributed by atoms with Gasteiger partial charge in [-0.1, -0.05) is 6.07 Å². The van der Waals surface area contributed by atoms with E-state index in [4.69, 9.17) is 4.74 Å². The number of pyridine rings is 1. The van der Waals surface area contributed by atoms with E-state index in [1.54, 1.807) is 6.07 Å². The first kappa shape index (κ1) is 28.4. The molecule has 1 saturated heterocycles. The van der Waals surface area contributed by atoms with Crippen molar-refractivity contribution in [2.24, 2.45) is 10.9 Å². The first-order chi connectivity index (χ1) is 20.2. The quantitative estimate of drug-likeness (QED) is 0.409. The number of piperidine rings is 1. The molecule has 2 aliphatic heterocycles. The third-order valence-electron chi connectivity index (χ3n) is 8.30. The van der Waals surface area contributed by atoms with Gasteiger partial charge in [-0.2, -0.15) is 0 Å². The lowest BCUT2D eigenvalue weighted by atomic mass is 9.87. The predicted molar refractivity (Wildman–Crippen MR) is 154 cm³/mol. The van der Waals surface area contributed by atoms with Crippen LogP contribution in [0.2, 0.25) is 0 Å². The molecule has 1 amide bonds. The van der Waals surface area contributed by atoms with Crippen LogP contribution in [0.1, 0.15) is 49.7 Å². The molecule has 1 saturated carbocycles. The van der Waals surface area contributed by atoms with Gasteiger partial charge in [-0.15, -0.1) is 0 Å². The fourth-order valence-electron chi connectivity index (χ4n) is 5.91. The predicted octanol–water partition coefficient (Wildman–Crippen LogP) is 5.09. The number of rotatable bonds is 7. The zero-order valence-corrected chi connectivity index (χ0v) is 23.8.